The molecule has 1 aliphatic carbocycles. The van der Waals surface area contributed by atoms with Crippen molar-refractivity contribution in [2.75, 3.05) is 14.1 Å². The Morgan fingerprint density at radius 3 is 3.06 bits per heavy atom. The minimum absolute atomic E-state index is 0.657. The summed E-state index contributed by atoms with van der Waals surface area (Å²) in [5.74, 6) is 0. The van der Waals surface area contributed by atoms with Crippen LogP contribution < -0.4 is 5.32 Å². The largest absolute Gasteiger partial charge is 0.308 e. The fourth-order valence-electron chi connectivity index (χ4n) is 2.46. The molecule has 1 fully saturated rings. The van der Waals surface area contributed by atoms with E-state index in [1.54, 1.807) is 6.20 Å². The van der Waals surface area contributed by atoms with Gasteiger partial charge in [0.2, 0.25) is 0 Å². The Hall–Kier alpha value is -0.870. The fourth-order valence-corrected chi connectivity index (χ4v) is 2.46. The zero-order chi connectivity index (χ0) is 11.4. The average molecular weight is 222 g/mol. The third-order valence-electron chi connectivity index (χ3n) is 3.52. The third-order valence-corrected chi connectivity index (χ3v) is 3.52. The molecule has 0 spiro atoms. The summed E-state index contributed by atoms with van der Waals surface area (Å²) in [4.78, 5) is 2.35. The lowest BCUT2D eigenvalue weighted by Gasteiger charge is -2.33. The van der Waals surface area contributed by atoms with Crippen molar-refractivity contribution >= 4 is 0 Å². The molecule has 0 bridgehead atoms. The van der Waals surface area contributed by atoms with E-state index in [-0.39, 0.29) is 0 Å². The smallest absolute Gasteiger partial charge is 0.0490 e. The summed E-state index contributed by atoms with van der Waals surface area (Å²) in [6.07, 6.45) is 7.05. The van der Waals surface area contributed by atoms with E-state index in [1.165, 1.54) is 31.4 Å². The number of aromatic nitrogens is 2. The van der Waals surface area contributed by atoms with Crippen LogP contribution >= 0.6 is 0 Å². The molecule has 1 heterocycles. The van der Waals surface area contributed by atoms with Gasteiger partial charge >= 0.3 is 0 Å². The minimum atomic E-state index is 0.657. The van der Waals surface area contributed by atoms with Crippen LogP contribution in [0.2, 0.25) is 0 Å². The molecule has 2 rings (SSSR count). The van der Waals surface area contributed by atoms with E-state index in [0.717, 1.165) is 12.6 Å². The summed E-state index contributed by atoms with van der Waals surface area (Å²) in [5, 5.41) is 10.6. The summed E-state index contributed by atoms with van der Waals surface area (Å²) in [5.41, 5.74) is 1.17. The summed E-state index contributed by atoms with van der Waals surface area (Å²) in [7, 11) is 4.36. The van der Waals surface area contributed by atoms with Crippen molar-refractivity contribution in [1.29, 1.82) is 0 Å². The molecule has 90 valence electrons. The Bertz CT molecular complexity index is 294. The Kier molecular flexibility index (Phi) is 3.96. The topological polar surface area (TPSA) is 44.0 Å². The Balaban J connectivity index is 1.77. The van der Waals surface area contributed by atoms with E-state index in [0.29, 0.717) is 6.04 Å². The SMILES string of the molecule is CN(C)C1CCCC(NCc2ccn[nH]2)C1. The Labute approximate surface area is 97.4 Å². The van der Waals surface area contributed by atoms with Crippen LogP contribution in [0.15, 0.2) is 12.3 Å². The Morgan fingerprint density at radius 2 is 2.38 bits per heavy atom. The lowest BCUT2D eigenvalue weighted by molar-refractivity contribution is 0.198. The normalized spacial score (nSPS) is 26.2. The van der Waals surface area contributed by atoms with Gasteiger partial charge in [-0.15, -0.1) is 0 Å². The van der Waals surface area contributed by atoms with Crippen LogP contribution in [0.1, 0.15) is 31.4 Å². The zero-order valence-corrected chi connectivity index (χ0v) is 10.2. The first-order valence-corrected chi connectivity index (χ1v) is 6.14. The summed E-state index contributed by atoms with van der Waals surface area (Å²) in [6.45, 7) is 0.908. The molecule has 2 N–H and O–H groups in total. The standard InChI is InChI=1S/C12H22N4/c1-16(2)12-5-3-4-10(8-12)13-9-11-6-7-14-15-11/h6-7,10,12-13H,3-5,8-9H2,1-2H3,(H,14,15). The maximum Gasteiger partial charge on any atom is 0.0490 e. The molecule has 0 saturated heterocycles. The van der Waals surface area contributed by atoms with Crippen molar-refractivity contribution in [3.05, 3.63) is 18.0 Å². The van der Waals surface area contributed by atoms with E-state index >= 15 is 0 Å². The molecule has 0 amide bonds. The zero-order valence-electron chi connectivity index (χ0n) is 10.2. The second kappa shape index (κ2) is 5.46. The number of rotatable bonds is 4. The predicted octanol–water partition coefficient (Wildman–Crippen LogP) is 1.37. The predicted molar refractivity (Wildman–Crippen MR) is 65.2 cm³/mol. The van der Waals surface area contributed by atoms with Crippen molar-refractivity contribution in [2.45, 2.75) is 44.3 Å². The first-order valence-electron chi connectivity index (χ1n) is 6.14. The average Bonchev–Trinajstić information content (AvgIpc) is 2.79. The van der Waals surface area contributed by atoms with Gasteiger partial charge in [-0.25, -0.2) is 0 Å². The fraction of sp³-hybridized carbons (Fsp3) is 0.750. The lowest BCUT2D eigenvalue weighted by Crippen LogP contribution is -2.41. The van der Waals surface area contributed by atoms with Gasteiger partial charge in [-0.2, -0.15) is 5.10 Å². The minimum Gasteiger partial charge on any atom is -0.308 e. The van der Waals surface area contributed by atoms with Crippen molar-refractivity contribution in [2.24, 2.45) is 0 Å². The van der Waals surface area contributed by atoms with Gasteiger partial charge in [-0.05, 0) is 39.4 Å². The number of nitrogens with zero attached hydrogens (tertiary/aromatic N) is 2. The van der Waals surface area contributed by atoms with Crippen LogP contribution in [0.4, 0.5) is 0 Å². The molecule has 1 aliphatic rings. The first-order chi connectivity index (χ1) is 7.75. The molecule has 1 aromatic rings. The molecule has 2 unspecified atom stereocenters. The summed E-state index contributed by atoms with van der Waals surface area (Å²) < 4.78 is 0. The van der Waals surface area contributed by atoms with Crippen molar-refractivity contribution in [1.82, 2.24) is 20.4 Å². The molecule has 1 aromatic heterocycles. The highest BCUT2D eigenvalue weighted by Crippen LogP contribution is 2.21. The molecule has 1 saturated carbocycles. The van der Waals surface area contributed by atoms with Crippen LogP contribution in [0.3, 0.4) is 0 Å². The molecule has 2 atom stereocenters. The quantitative estimate of drug-likeness (QED) is 0.808. The highest BCUT2D eigenvalue weighted by molar-refractivity contribution is 4.97. The van der Waals surface area contributed by atoms with Gasteiger partial charge < -0.3 is 10.2 Å². The molecule has 0 aliphatic heterocycles. The van der Waals surface area contributed by atoms with Crippen LogP contribution in [0.5, 0.6) is 0 Å². The van der Waals surface area contributed by atoms with Gasteiger partial charge in [-0.3, -0.25) is 5.10 Å². The molecular weight excluding hydrogens is 200 g/mol. The highest BCUT2D eigenvalue weighted by Gasteiger charge is 2.22. The van der Waals surface area contributed by atoms with Crippen LogP contribution in [0.25, 0.3) is 0 Å². The Morgan fingerprint density at radius 1 is 1.50 bits per heavy atom. The molecule has 4 nitrogen and oxygen atoms in total. The van der Waals surface area contributed by atoms with Crippen LogP contribution in [-0.2, 0) is 6.54 Å². The second-order valence-electron chi connectivity index (χ2n) is 4.94. The van der Waals surface area contributed by atoms with Crippen molar-refractivity contribution < 1.29 is 0 Å². The van der Waals surface area contributed by atoms with Gasteiger partial charge in [0.05, 0.1) is 0 Å². The van der Waals surface area contributed by atoms with E-state index in [4.69, 9.17) is 0 Å². The van der Waals surface area contributed by atoms with Crippen molar-refractivity contribution in [3.8, 4) is 0 Å². The van der Waals surface area contributed by atoms with Crippen molar-refractivity contribution in [3.63, 3.8) is 0 Å². The monoisotopic (exact) mass is 222 g/mol. The molecule has 4 heteroatoms. The van der Waals surface area contributed by atoms with Gasteiger partial charge in [0, 0.05) is 30.5 Å². The molecule has 0 aromatic carbocycles. The molecule has 16 heavy (non-hydrogen) atoms. The van der Waals surface area contributed by atoms with E-state index in [1.807, 2.05) is 6.07 Å². The van der Waals surface area contributed by atoms with Crippen LogP contribution in [0, 0.1) is 0 Å². The number of hydrogen-bond acceptors (Lipinski definition) is 3. The number of aromatic amines is 1. The van der Waals surface area contributed by atoms with Gasteiger partial charge in [0.1, 0.15) is 0 Å². The first kappa shape index (κ1) is 11.6. The van der Waals surface area contributed by atoms with E-state index in [2.05, 4.69) is 34.5 Å². The lowest BCUT2D eigenvalue weighted by atomic mass is 9.90. The highest BCUT2D eigenvalue weighted by atomic mass is 15.1. The summed E-state index contributed by atoms with van der Waals surface area (Å²) in [6, 6.07) is 3.43. The van der Waals surface area contributed by atoms with Gasteiger partial charge in [0.15, 0.2) is 0 Å². The third kappa shape index (κ3) is 3.06. The summed E-state index contributed by atoms with van der Waals surface area (Å²) >= 11 is 0. The maximum atomic E-state index is 3.96. The van der Waals surface area contributed by atoms with Gasteiger partial charge in [-0.1, -0.05) is 6.42 Å². The molecular formula is C12H22N4. The second-order valence-corrected chi connectivity index (χ2v) is 4.94. The van der Waals surface area contributed by atoms with E-state index < -0.39 is 0 Å². The number of nitrogens with one attached hydrogen (secondary N) is 2. The number of hydrogen-bond donors (Lipinski definition) is 2. The molecule has 0 radical (unpaired) electrons. The maximum absolute atomic E-state index is 3.96. The number of H-pyrrole nitrogens is 1. The van der Waals surface area contributed by atoms with Crippen LogP contribution in [-0.4, -0.2) is 41.3 Å². The van der Waals surface area contributed by atoms with E-state index in [9.17, 15) is 0 Å². The van der Waals surface area contributed by atoms with Gasteiger partial charge in [0.25, 0.3) is 0 Å².